The van der Waals surface area contributed by atoms with E-state index < -0.39 is 0 Å². The maximum atomic E-state index is 11.0. The molecule has 2 aromatic carbocycles. The number of benzene rings is 2. The van der Waals surface area contributed by atoms with E-state index in [1.165, 1.54) is 12.5 Å². The van der Waals surface area contributed by atoms with Gasteiger partial charge in [-0.2, -0.15) is 0 Å². The van der Waals surface area contributed by atoms with Gasteiger partial charge in [-0.3, -0.25) is 4.79 Å². The number of anilines is 1. The predicted octanol–water partition coefficient (Wildman–Crippen LogP) is 3.89. The van der Waals surface area contributed by atoms with Gasteiger partial charge in [0.2, 0.25) is 5.91 Å². The molecule has 0 aliphatic rings. The van der Waals surface area contributed by atoms with Crippen molar-refractivity contribution in [2.45, 2.75) is 27.4 Å². The zero-order chi connectivity index (χ0) is 15.9. The summed E-state index contributed by atoms with van der Waals surface area (Å²) in [5.74, 6) is -0.0837. The van der Waals surface area contributed by atoms with Gasteiger partial charge in [0.1, 0.15) is 6.61 Å². The van der Waals surface area contributed by atoms with E-state index in [0.717, 1.165) is 22.5 Å². The Morgan fingerprint density at radius 3 is 2.27 bits per heavy atom. The number of rotatable bonds is 5. The summed E-state index contributed by atoms with van der Waals surface area (Å²) in [6.07, 6.45) is 0. The Balaban J connectivity index is 1.93. The molecule has 1 amide bonds. The summed E-state index contributed by atoms with van der Waals surface area (Å²) in [6.45, 7) is 5.88. The van der Waals surface area contributed by atoms with Crippen LogP contribution in [0.3, 0.4) is 0 Å². The Morgan fingerprint density at radius 2 is 1.68 bits per heavy atom. The molecule has 0 aromatic heterocycles. The monoisotopic (exact) mass is 296 g/mol. The minimum absolute atomic E-state index is 0.0837. The third-order valence-electron chi connectivity index (χ3n) is 3.18. The lowest BCUT2D eigenvalue weighted by Crippen LogP contribution is -2.06. The van der Waals surface area contributed by atoms with E-state index in [1.807, 2.05) is 43.3 Å². The first-order chi connectivity index (χ1) is 10.5. The molecule has 4 nitrogen and oxygen atoms in total. The van der Waals surface area contributed by atoms with Crippen molar-refractivity contribution >= 4 is 17.3 Å². The summed E-state index contributed by atoms with van der Waals surface area (Å²) >= 11 is 0. The van der Waals surface area contributed by atoms with Gasteiger partial charge in [0.15, 0.2) is 0 Å². The highest BCUT2D eigenvalue weighted by Crippen LogP contribution is 2.11. The Hall–Kier alpha value is -2.62. The van der Waals surface area contributed by atoms with Crippen molar-refractivity contribution in [2.24, 2.45) is 5.16 Å². The maximum Gasteiger partial charge on any atom is 0.221 e. The first kappa shape index (κ1) is 15.8. The zero-order valence-electron chi connectivity index (χ0n) is 13.1. The van der Waals surface area contributed by atoms with E-state index in [2.05, 4.69) is 29.5 Å². The fourth-order valence-electron chi connectivity index (χ4n) is 1.94. The van der Waals surface area contributed by atoms with Gasteiger partial charge >= 0.3 is 0 Å². The van der Waals surface area contributed by atoms with Crippen molar-refractivity contribution in [3.63, 3.8) is 0 Å². The van der Waals surface area contributed by atoms with E-state index in [4.69, 9.17) is 4.84 Å². The molecule has 1 N–H and O–H groups in total. The minimum Gasteiger partial charge on any atom is -0.391 e. The molecule has 2 rings (SSSR count). The molecule has 0 heterocycles. The van der Waals surface area contributed by atoms with E-state index in [-0.39, 0.29) is 5.91 Å². The Kier molecular flexibility index (Phi) is 5.31. The first-order valence-electron chi connectivity index (χ1n) is 7.15. The molecule has 0 radical (unpaired) electrons. The molecule has 0 aliphatic heterocycles. The van der Waals surface area contributed by atoms with Crippen LogP contribution in [0, 0.1) is 6.92 Å². The molecule has 22 heavy (non-hydrogen) atoms. The second-order valence-corrected chi connectivity index (χ2v) is 5.19. The number of hydrogen-bond acceptors (Lipinski definition) is 3. The van der Waals surface area contributed by atoms with Crippen LogP contribution in [0.1, 0.15) is 30.5 Å². The third-order valence-corrected chi connectivity index (χ3v) is 3.18. The van der Waals surface area contributed by atoms with E-state index in [0.29, 0.717) is 6.61 Å². The predicted molar refractivity (Wildman–Crippen MR) is 88.9 cm³/mol. The van der Waals surface area contributed by atoms with Crippen LogP contribution < -0.4 is 5.32 Å². The minimum atomic E-state index is -0.0837. The molecular formula is C18H20N2O2. The topological polar surface area (TPSA) is 50.7 Å². The van der Waals surface area contributed by atoms with E-state index in [9.17, 15) is 4.79 Å². The summed E-state index contributed by atoms with van der Waals surface area (Å²) in [5.41, 5.74) is 4.83. The Morgan fingerprint density at radius 1 is 1.05 bits per heavy atom. The zero-order valence-corrected chi connectivity index (χ0v) is 13.1. The molecule has 0 bridgehead atoms. The molecule has 0 atom stereocenters. The average Bonchev–Trinajstić information content (AvgIpc) is 2.49. The van der Waals surface area contributed by atoms with Gasteiger partial charge in [-0.1, -0.05) is 47.1 Å². The number of nitrogens with one attached hydrogen (secondary N) is 1. The number of hydrogen-bond donors (Lipinski definition) is 1. The highest BCUT2D eigenvalue weighted by atomic mass is 16.6. The SMILES string of the molecule is CC(=O)Nc1ccc(/C(C)=N/OCc2ccc(C)cc2)cc1. The highest BCUT2D eigenvalue weighted by Gasteiger charge is 2.00. The quantitative estimate of drug-likeness (QED) is 0.672. The molecule has 4 heteroatoms. The van der Waals surface area contributed by atoms with Crippen LogP contribution in [-0.4, -0.2) is 11.6 Å². The maximum absolute atomic E-state index is 11.0. The van der Waals surface area contributed by atoms with Crippen LogP contribution in [0.2, 0.25) is 0 Å². The molecular weight excluding hydrogens is 276 g/mol. The van der Waals surface area contributed by atoms with Crippen molar-refractivity contribution in [1.29, 1.82) is 0 Å². The van der Waals surface area contributed by atoms with Crippen molar-refractivity contribution in [3.8, 4) is 0 Å². The molecule has 2 aromatic rings. The number of oxime groups is 1. The van der Waals surface area contributed by atoms with Crippen LogP contribution in [0.15, 0.2) is 53.7 Å². The van der Waals surface area contributed by atoms with Crippen LogP contribution in [0.25, 0.3) is 0 Å². The Bertz CT molecular complexity index is 658. The van der Waals surface area contributed by atoms with Crippen molar-refractivity contribution in [3.05, 3.63) is 65.2 Å². The first-order valence-corrected chi connectivity index (χ1v) is 7.15. The van der Waals surface area contributed by atoms with Gasteiger partial charge in [-0.05, 0) is 37.1 Å². The molecule has 0 fully saturated rings. The van der Waals surface area contributed by atoms with Crippen LogP contribution >= 0.6 is 0 Å². The summed E-state index contributed by atoms with van der Waals surface area (Å²) in [7, 11) is 0. The number of nitrogens with zero attached hydrogens (tertiary/aromatic N) is 1. The lowest BCUT2D eigenvalue weighted by Gasteiger charge is -2.05. The van der Waals surface area contributed by atoms with E-state index in [1.54, 1.807) is 0 Å². The standard InChI is InChI=1S/C18H20N2O2/c1-13-4-6-16(7-5-13)12-22-20-14(2)17-8-10-18(11-9-17)19-15(3)21/h4-11H,12H2,1-3H3,(H,19,21)/b20-14+. The molecule has 0 unspecified atom stereocenters. The summed E-state index contributed by atoms with van der Waals surface area (Å²) in [6, 6.07) is 15.7. The van der Waals surface area contributed by atoms with Gasteiger partial charge in [-0.15, -0.1) is 0 Å². The van der Waals surface area contributed by atoms with Crippen LogP contribution in [0.5, 0.6) is 0 Å². The molecule has 0 aliphatic carbocycles. The largest absolute Gasteiger partial charge is 0.391 e. The third kappa shape index (κ3) is 4.74. The smallest absolute Gasteiger partial charge is 0.221 e. The molecule has 0 saturated carbocycles. The van der Waals surface area contributed by atoms with E-state index >= 15 is 0 Å². The lowest BCUT2D eigenvalue weighted by molar-refractivity contribution is -0.114. The van der Waals surface area contributed by atoms with Crippen LogP contribution in [-0.2, 0) is 16.2 Å². The molecule has 114 valence electrons. The molecule has 0 saturated heterocycles. The summed E-state index contributed by atoms with van der Waals surface area (Å²) < 4.78 is 0. The normalized spacial score (nSPS) is 11.1. The highest BCUT2D eigenvalue weighted by molar-refractivity contribution is 5.99. The van der Waals surface area contributed by atoms with Crippen molar-refractivity contribution in [1.82, 2.24) is 0 Å². The average molecular weight is 296 g/mol. The Labute approximate surface area is 130 Å². The number of carbonyl (C=O) groups excluding carboxylic acids is 1. The summed E-state index contributed by atoms with van der Waals surface area (Å²) in [4.78, 5) is 16.4. The number of amides is 1. The fraction of sp³-hybridized carbons (Fsp3) is 0.222. The number of carbonyl (C=O) groups is 1. The fourth-order valence-corrected chi connectivity index (χ4v) is 1.94. The second-order valence-electron chi connectivity index (χ2n) is 5.19. The van der Waals surface area contributed by atoms with Gasteiger partial charge in [0.05, 0.1) is 5.71 Å². The number of aryl methyl sites for hydroxylation is 1. The van der Waals surface area contributed by atoms with Gasteiger partial charge in [0, 0.05) is 12.6 Å². The lowest BCUT2D eigenvalue weighted by atomic mass is 10.1. The van der Waals surface area contributed by atoms with Crippen molar-refractivity contribution in [2.75, 3.05) is 5.32 Å². The molecule has 0 spiro atoms. The van der Waals surface area contributed by atoms with Gasteiger partial charge in [0.25, 0.3) is 0 Å². The van der Waals surface area contributed by atoms with Gasteiger partial charge < -0.3 is 10.2 Å². The van der Waals surface area contributed by atoms with Gasteiger partial charge in [-0.25, -0.2) is 0 Å². The summed E-state index contributed by atoms with van der Waals surface area (Å²) in [5, 5.41) is 6.86. The van der Waals surface area contributed by atoms with Crippen LogP contribution in [0.4, 0.5) is 5.69 Å². The van der Waals surface area contributed by atoms with Crippen molar-refractivity contribution < 1.29 is 9.63 Å². The second kappa shape index (κ2) is 7.41.